The number of anilines is 1. The van der Waals surface area contributed by atoms with Crippen molar-refractivity contribution in [3.05, 3.63) is 18.5 Å². The zero-order chi connectivity index (χ0) is 17.6. The zero-order valence-electron chi connectivity index (χ0n) is 14.4. The number of carbonyl (C=O) groups is 2. The first kappa shape index (κ1) is 17.6. The third-order valence-corrected chi connectivity index (χ3v) is 4.52. The highest BCUT2D eigenvalue weighted by atomic mass is 16.2. The van der Waals surface area contributed by atoms with Gasteiger partial charge in [-0.1, -0.05) is 0 Å². The molecule has 9 heteroatoms. The van der Waals surface area contributed by atoms with E-state index in [0.717, 1.165) is 19.5 Å². The lowest BCUT2D eigenvalue weighted by atomic mass is 10.1. The molecule has 136 valence electrons. The van der Waals surface area contributed by atoms with Gasteiger partial charge in [-0.3, -0.25) is 15.0 Å². The Morgan fingerprint density at radius 1 is 1.20 bits per heavy atom. The Morgan fingerprint density at radius 3 is 2.56 bits per heavy atom. The van der Waals surface area contributed by atoms with E-state index < -0.39 is 0 Å². The molecule has 3 rings (SSSR count). The van der Waals surface area contributed by atoms with Gasteiger partial charge in [0.15, 0.2) is 0 Å². The van der Waals surface area contributed by atoms with Gasteiger partial charge in [0.25, 0.3) is 0 Å². The largest absolute Gasteiger partial charge is 0.354 e. The van der Waals surface area contributed by atoms with E-state index >= 15 is 0 Å². The number of hydrogen-bond acceptors (Lipinski definition) is 7. The molecule has 25 heavy (non-hydrogen) atoms. The second-order valence-corrected chi connectivity index (χ2v) is 6.44. The number of hydrazine groups is 1. The van der Waals surface area contributed by atoms with Gasteiger partial charge in [-0.2, -0.15) is 0 Å². The topological polar surface area (TPSA) is 102 Å². The molecule has 0 spiro atoms. The summed E-state index contributed by atoms with van der Waals surface area (Å²) in [4.78, 5) is 36.7. The highest BCUT2D eigenvalue weighted by Crippen LogP contribution is 2.10. The van der Waals surface area contributed by atoms with Crippen molar-refractivity contribution in [3.8, 4) is 0 Å². The molecule has 0 radical (unpaired) electrons. The monoisotopic (exact) mass is 347 g/mol. The minimum Gasteiger partial charge on any atom is -0.354 e. The molecule has 3 heterocycles. The third kappa shape index (κ3) is 4.64. The molecule has 0 bridgehead atoms. The molecule has 2 aliphatic heterocycles. The van der Waals surface area contributed by atoms with Crippen LogP contribution in [0.1, 0.15) is 19.8 Å². The molecule has 1 aromatic rings. The molecule has 2 atom stereocenters. The van der Waals surface area contributed by atoms with Crippen molar-refractivity contribution in [2.75, 3.05) is 37.6 Å². The Bertz CT molecular complexity index is 589. The van der Waals surface area contributed by atoms with Crippen molar-refractivity contribution in [2.45, 2.75) is 31.8 Å². The lowest BCUT2D eigenvalue weighted by Gasteiger charge is -2.34. The van der Waals surface area contributed by atoms with Crippen LogP contribution in [0.3, 0.4) is 0 Å². The van der Waals surface area contributed by atoms with Gasteiger partial charge in [0.2, 0.25) is 17.8 Å². The number of amides is 2. The van der Waals surface area contributed by atoms with Crippen molar-refractivity contribution >= 4 is 17.8 Å². The third-order valence-electron chi connectivity index (χ3n) is 4.52. The van der Waals surface area contributed by atoms with E-state index in [2.05, 4.69) is 31.0 Å². The summed E-state index contributed by atoms with van der Waals surface area (Å²) in [5.41, 5.74) is 5.97. The smallest absolute Gasteiger partial charge is 0.238 e. The van der Waals surface area contributed by atoms with E-state index in [9.17, 15) is 9.59 Å². The average molecular weight is 347 g/mol. The van der Waals surface area contributed by atoms with Crippen molar-refractivity contribution in [1.29, 1.82) is 0 Å². The second-order valence-electron chi connectivity index (χ2n) is 6.44. The number of hydrogen-bond donors (Lipinski definition) is 3. The molecule has 0 aromatic carbocycles. The summed E-state index contributed by atoms with van der Waals surface area (Å²) in [6.45, 7) is 5.12. The van der Waals surface area contributed by atoms with Crippen LogP contribution in [0, 0.1) is 0 Å². The lowest BCUT2D eigenvalue weighted by molar-refractivity contribution is -0.131. The summed E-state index contributed by atoms with van der Waals surface area (Å²) in [5.74, 6) is 0.712. The zero-order valence-corrected chi connectivity index (χ0v) is 14.4. The maximum absolute atomic E-state index is 12.3. The van der Waals surface area contributed by atoms with Crippen LogP contribution in [0.5, 0.6) is 0 Å². The number of aromatic nitrogens is 2. The van der Waals surface area contributed by atoms with E-state index in [-0.39, 0.29) is 23.9 Å². The highest BCUT2D eigenvalue weighted by molar-refractivity contribution is 5.83. The van der Waals surface area contributed by atoms with Crippen molar-refractivity contribution in [2.24, 2.45) is 0 Å². The van der Waals surface area contributed by atoms with Gasteiger partial charge in [-0.05, 0) is 19.4 Å². The van der Waals surface area contributed by atoms with Crippen molar-refractivity contribution in [3.63, 3.8) is 0 Å². The maximum atomic E-state index is 12.3. The second kappa shape index (κ2) is 8.21. The Kier molecular flexibility index (Phi) is 5.77. The van der Waals surface area contributed by atoms with Crippen LogP contribution >= 0.6 is 0 Å². The number of piperazine rings is 1. The number of carbonyl (C=O) groups excluding carboxylic acids is 2. The molecular weight excluding hydrogens is 322 g/mol. The van der Waals surface area contributed by atoms with Gasteiger partial charge < -0.3 is 15.1 Å². The van der Waals surface area contributed by atoms with E-state index in [4.69, 9.17) is 0 Å². The van der Waals surface area contributed by atoms with Crippen LogP contribution in [0.4, 0.5) is 5.95 Å². The van der Waals surface area contributed by atoms with Crippen molar-refractivity contribution in [1.82, 2.24) is 31.0 Å². The van der Waals surface area contributed by atoms with E-state index in [0.29, 0.717) is 32.0 Å². The molecule has 1 aromatic heterocycles. The molecule has 2 unspecified atom stereocenters. The summed E-state index contributed by atoms with van der Waals surface area (Å²) in [6, 6.07) is 1.84. The molecule has 9 nitrogen and oxygen atoms in total. The fourth-order valence-corrected chi connectivity index (χ4v) is 3.07. The summed E-state index contributed by atoms with van der Waals surface area (Å²) in [5, 5.41) is 2.83. The minimum atomic E-state index is -0.223. The number of rotatable bonds is 5. The highest BCUT2D eigenvalue weighted by Gasteiger charge is 2.27. The quantitative estimate of drug-likeness (QED) is 0.620. The van der Waals surface area contributed by atoms with Gasteiger partial charge in [-0.15, -0.1) is 0 Å². The molecule has 2 fully saturated rings. The number of nitrogens with one attached hydrogen (secondary N) is 3. The predicted molar refractivity (Wildman–Crippen MR) is 92.6 cm³/mol. The summed E-state index contributed by atoms with van der Waals surface area (Å²) >= 11 is 0. The summed E-state index contributed by atoms with van der Waals surface area (Å²) in [6.07, 6.45) is 4.52. The Hall–Kier alpha value is -2.26. The van der Waals surface area contributed by atoms with Crippen molar-refractivity contribution < 1.29 is 9.59 Å². The Morgan fingerprint density at radius 2 is 1.92 bits per heavy atom. The molecular formula is C16H25N7O2. The maximum Gasteiger partial charge on any atom is 0.238 e. The van der Waals surface area contributed by atoms with Crippen LogP contribution in [0.2, 0.25) is 0 Å². The number of nitrogens with zero attached hydrogens (tertiary/aromatic N) is 4. The first-order valence-electron chi connectivity index (χ1n) is 8.72. The fraction of sp³-hybridized carbons (Fsp3) is 0.625. The van der Waals surface area contributed by atoms with Gasteiger partial charge in [0.05, 0.1) is 0 Å². The van der Waals surface area contributed by atoms with Gasteiger partial charge in [0, 0.05) is 57.6 Å². The first-order chi connectivity index (χ1) is 12.1. The van der Waals surface area contributed by atoms with Crippen LogP contribution in [-0.4, -0.2) is 71.5 Å². The molecule has 2 saturated heterocycles. The van der Waals surface area contributed by atoms with Gasteiger partial charge in [-0.25, -0.2) is 15.4 Å². The Balaban J connectivity index is 1.36. The summed E-state index contributed by atoms with van der Waals surface area (Å²) in [7, 11) is 0. The molecule has 3 N–H and O–H groups in total. The molecule has 0 aliphatic carbocycles. The average Bonchev–Trinajstić information content (AvgIpc) is 3.09. The fourth-order valence-electron chi connectivity index (χ4n) is 3.07. The standard InChI is InChI=1S/C16H25N7O2/c1-12-11-13(21-20-12)15(25)17-6-3-14(24)22-7-9-23(10-8-22)16-18-4-2-5-19-16/h2,4-5,12-13,20-21H,3,6-11H2,1H3,(H,17,25). The van der Waals surface area contributed by atoms with E-state index in [1.807, 2.05) is 11.8 Å². The first-order valence-corrected chi connectivity index (χ1v) is 8.72. The Labute approximate surface area is 147 Å². The van der Waals surface area contributed by atoms with Crippen LogP contribution in [0.15, 0.2) is 18.5 Å². The predicted octanol–water partition coefficient (Wildman–Crippen LogP) is -1.11. The minimum absolute atomic E-state index is 0.0595. The SMILES string of the molecule is CC1CC(C(=O)NCCC(=O)N2CCN(c3ncccn3)CC2)NN1. The normalized spacial score (nSPS) is 23.6. The van der Waals surface area contributed by atoms with Gasteiger partial charge >= 0.3 is 0 Å². The van der Waals surface area contributed by atoms with Gasteiger partial charge in [0.1, 0.15) is 6.04 Å². The summed E-state index contributed by atoms with van der Waals surface area (Å²) < 4.78 is 0. The molecule has 2 amide bonds. The van der Waals surface area contributed by atoms with E-state index in [1.54, 1.807) is 18.5 Å². The molecule has 2 aliphatic rings. The lowest BCUT2D eigenvalue weighted by Crippen LogP contribution is -2.50. The van der Waals surface area contributed by atoms with Crippen LogP contribution < -0.4 is 21.1 Å². The van der Waals surface area contributed by atoms with E-state index in [1.165, 1.54) is 0 Å². The van der Waals surface area contributed by atoms with Crippen LogP contribution in [-0.2, 0) is 9.59 Å². The van der Waals surface area contributed by atoms with Crippen LogP contribution in [0.25, 0.3) is 0 Å². The molecule has 0 saturated carbocycles.